The summed E-state index contributed by atoms with van der Waals surface area (Å²) in [4.78, 5) is 25.9. The molecular weight excluding hydrogens is 401 g/mol. The number of piperazine rings is 1. The van der Waals surface area contributed by atoms with E-state index in [1.54, 1.807) is 10.6 Å². The highest BCUT2D eigenvalue weighted by Crippen LogP contribution is 2.26. The molecule has 0 radical (unpaired) electrons. The number of benzene rings is 2. The minimum Gasteiger partial charge on any atom is -0.492 e. The number of anilines is 1. The standard InChI is InChI=1S/C23H24FN3O4/c1-2-26-13-18(23(29)30)22(28)17-10-19(24)21(11-20(17)26)27-9-8-25-15(12-27)14-31-16-6-4-3-5-7-16/h3-7,10-11,13,15,25H,2,8-9,12,14H2,1H3,(H,29,30). The number of nitrogens with one attached hydrogen (secondary N) is 1. The number of rotatable bonds is 6. The van der Waals surface area contributed by atoms with Gasteiger partial charge in [0.05, 0.1) is 17.2 Å². The molecule has 3 aromatic rings. The van der Waals surface area contributed by atoms with Crippen molar-refractivity contribution in [2.75, 3.05) is 31.1 Å². The predicted molar refractivity (Wildman–Crippen MR) is 117 cm³/mol. The number of carboxylic acid groups (broad SMARTS) is 1. The van der Waals surface area contributed by atoms with Gasteiger partial charge in [-0.15, -0.1) is 0 Å². The summed E-state index contributed by atoms with van der Waals surface area (Å²) in [6.45, 7) is 4.56. The zero-order chi connectivity index (χ0) is 22.0. The Labute approximate surface area is 178 Å². The summed E-state index contributed by atoms with van der Waals surface area (Å²) in [5.74, 6) is -1.08. The molecule has 2 heterocycles. The van der Waals surface area contributed by atoms with Gasteiger partial charge in [0, 0.05) is 37.8 Å². The van der Waals surface area contributed by atoms with E-state index in [2.05, 4.69) is 5.32 Å². The second kappa shape index (κ2) is 8.77. The lowest BCUT2D eigenvalue weighted by molar-refractivity contribution is 0.0695. The maximum Gasteiger partial charge on any atom is 0.341 e. The molecule has 2 N–H and O–H groups in total. The third kappa shape index (κ3) is 4.25. The fourth-order valence-electron chi connectivity index (χ4n) is 3.93. The van der Waals surface area contributed by atoms with Crippen LogP contribution in [0.15, 0.2) is 53.5 Å². The van der Waals surface area contributed by atoms with Crippen LogP contribution in [-0.4, -0.2) is 47.9 Å². The van der Waals surface area contributed by atoms with Gasteiger partial charge in [0.25, 0.3) is 0 Å². The van der Waals surface area contributed by atoms with Crippen LogP contribution in [0, 0.1) is 5.82 Å². The quantitative estimate of drug-likeness (QED) is 0.632. The van der Waals surface area contributed by atoms with Crippen LogP contribution >= 0.6 is 0 Å². The Morgan fingerprint density at radius 3 is 2.77 bits per heavy atom. The Balaban J connectivity index is 1.62. The van der Waals surface area contributed by atoms with Gasteiger partial charge in [0.2, 0.25) is 5.43 Å². The van der Waals surface area contributed by atoms with Gasteiger partial charge in [0.1, 0.15) is 23.7 Å². The smallest absolute Gasteiger partial charge is 0.341 e. The summed E-state index contributed by atoms with van der Waals surface area (Å²) < 4.78 is 22.5. The largest absolute Gasteiger partial charge is 0.492 e. The summed E-state index contributed by atoms with van der Waals surface area (Å²) in [5.41, 5.74) is -0.123. The molecule has 8 heteroatoms. The molecule has 31 heavy (non-hydrogen) atoms. The van der Waals surface area contributed by atoms with Crippen molar-refractivity contribution in [2.24, 2.45) is 0 Å². The van der Waals surface area contributed by atoms with E-state index in [1.165, 1.54) is 6.20 Å². The first-order valence-electron chi connectivity index (χ1n) is 10.2. The maximum absolute atomic E-state index is 15.0. The lowest BCUT2D eigenvalue weighted by Crippen LogP contribution is -2.53. The molecule has 0 bridgehead atoms. The van der Waals surface area contributed by atoms with E-state index in [1.807, 2.05) is 42.2 Å². The highest BCUT2D eigenvalue weighted by atomic mass is 19.1. The minimum absolute atomic E-state index is 0.00630. The molecule has 1 saturated heterocycles. The lowest BCUT2D eigenvalue weighted by atomic mass is 10.1. The topological polar surface area (TPSA) is 83.8 Å². The van der Waals surface area contributed by atoms with Crippen molar-refractivity contribution in [3.63, 3.8) is 0 Å². The van der Waals surface area contributed by atoms with Crippen LogP contribution in [0.5, 0.6) is 5.75 Å². The molecule has 1 unspecified atom stereocenters. The SMILES string of the molecule is CCn1cc(C(=O)O)c(=O)c2cc(F)c(N3CCNC(COc4ccccc4)C3)cc21. The van der Waals surface area contributed by atoms with Crippen LogP contribution in [0.4, 0.5) is 10.1 Å². The molecule has 1 atom stereocenters. The second-order valence-corrected chi connectivity index (χ2v) is 7.50. The van der Waals surface area contributed by atoms with Crippen LogP contribution in [0.2, 0.25) is 0 Å². The van der Waals surface area contributed by atoms with Gasteiger partial charge in [-0.1, -0.05) is 18.2 Å². The molecule has 0 amide bonds. The predicted octanol–water partition coefficient (Wildman–Crippen LogP) is 2.72. The normalized spacial score (nSPS) is 16.5. The van der Waals surface area contributed by atoms with E-state index in [0.717, 1.165) is 11.8 Å². The van der Waals surface area contributed by atoms with E-state index in [0.29, 0.717) is 44.0 Å². The molecule has 4 rings (SSSR count). The van der Waals surface area contributed by atoms with Crippen LogP contribution in [0.1, 0.15) is 17.3 Å². The summed E-state index contributed by atoms with van der Waals surface area (Å²) in [6, 6.07) is 12.3. The van der Waals surface area contributed by atoms with Crippen LogP contribution < -0.4 is 20.4 Å². The van der Waals surface area contributed by atoms with Crippen molar-refractivity contribution in [1.29, 1.82) is 0 Å². The third-order valence-electron chi connectivity index (χ3n) is 5.51. The number of aryl methyl sites for hydroxylation is 1. The number of aromatic carboxylic acids is 1. The highest BCUT2D eigenvalue weighted by molar-refractivity contribution is 5.93. The van der Waals surface area contributed by atoms with Crippen LogP contribution in [0.3, 0.4) is 0 Å². The van der Waals surface area contributed by atoms with Gasteiger partial charge in [-0.2, -0.15) is 0 Å². The molecule has 0 aliphatic carbocycles. The fraction of sp³-hybridized carbons (Fsp3) is 0.304. The number of aromatic nitrogens is 1. The number of halogens is 1. The Morgan fingerprint density at radius 1 is 1.29 bits per heavy atom. The first-order chi connectivity index (χ1) is 15.0. The average Bonchev–Trinajstić information content (AvgIpc) is 2.78. The number of para-hydroxylation sites is 1. The van der Waals surface area contributed by atoms with Gasteiger partial charge in [-0.05, 0) is 31.2 Å². The first kappa shape index (κ1) is 20.9. The number of fused-ring (bicyclic) bond motifs is 1. The summed E-state index contributed by atoms with van der Waals surface area (Å²) in [5, 5.41) is 12.8. The Kier molecular flexibility index (Phi) is 5.90. The summed E-state index contributed by atoms with van der Waals surface area (Å²) >= 11 is 0. The van der Waals surface area contributed by atoms with Gasteiger partial charge >= 0.3 is 5.97 Å². The number of nitrogens with zero attached hydrogens (tertiary/aromatic N) is 2. The van der Waals surface area contributed by atoms with Crippen LogP contribution in [0.25, 0.3) is 10.9 Å². The first-order valence-corrected chi connectivity index (χ1v) is 10.2. The van der Waals surface area contributed by atoms with Crippen LogP contribution in [-0.2, 0) is 6.54 Å². The Hall–Kier alpha value is -3.39. The van der Waals surface area contributed by atoms with Crippen molar-refractivity contribution < 1.29 is 19.0 Å². The number of hydrogen-bond acceptors (Lipinski definition) is 5. The van der Waals surface area contributed by atoms with Crippen molar-refractivity contribution in [3.8, 4) is 5.75 Å². The molecule has 1 aliphatic rings. The number of hydrogen-bond donors (Lipinski definition) is 2. The van der Waals surface area contributed by atoms with Crippen molar-refractivity contribution in [1.82, 2.24) is 9.88 Å². The van der Waals surface area contributed by atoms with Gasteiger partial charge in [-0.3, -0.25) is 4.79 Å². The van der Waals surface area contributed by atoms with E-state index < -0.39 is 17.2 Å². The van der Waals surface area contributed by atoms with E-state index in [9.17, 15) is 14.7 Å². The zero-order valence-corrected chi connectivity index (χ0v) is 17.2. The number of carboxylic acids is 1. The molecule has 162 valence electrons. The number of pyridine rings is 1. The molecule has 0 saturated carbocycles. The molecule has 2 aromatic carbocycles. The number of carbonyl (C=O) groups is 1. The van der Waals surface area contributed by atoms with Gasteiger partial charge < -0.3 is 24.6 Å². The zero-order valence-electron chi connectivity index (χ0n) is 17.2. The van der Waals surface area contributed by atoms with E-state index in [4.69, 9.17) is 4.74 Å². The third-order valence-corrected chi connectivity index (χ3v) is 5.51. The van der Waals surface area contributed by atoms with E-state index >= 15 is 4.39 Å². The Morgan fingerprint density at radius 2 is 2.06 bits per heavy atom. The molecular formula is C23H24FN3O4. The van der Waals surface area contributed by atoms with Gasteiger partial charge in [0.15, 0.2) is 0 Å². The van der Waals surface area contributed by atoms with Gasteiger partial charge in [-0.25, -0.2) is 9.18 Å². The Bertz CT molecular complexity index is 1160. The molecule has 1 fully saturated rings. The molecule has 1 aliphatic heterocycles. The summed E-state index contributed by atoms with van der Waals surface area (Å²) in [6.07, 6.45) is 1.32. The maximum atomic E-state index is 15.0. The monoisotopic (exact) mass is 425 g/mol. The van der Waals surface area contributed by atoms with Crippen molar-refractivity contribution in [2.45, 2.75) is 19.5 Å². The number of ether oxygens (including phenoxy) is 1. The fourth-order valence-corrected chi connectivity index (χ4v) is 3.93. The lowest BCUT2D eigenvalue weighted by Gasteiger charge is -2.35. The van der Waals surface area contributed by atoms with E-state index in [-0.39, 0.29) is 17.0 Å². The second-order valence-electron chi connectivity index (χ2n) is 7.50. The highest BCUT2D eigenvalue weighted by Gasteiger charge is 2.24. The van der Waals surface area contributed by atoms with Crippen molar-refractivity contribution >= 4 is 22.6 Å². The minimum atomic E-state index is -1.32. The van der Waals surface area contributed by atoms with Crippen molar-refractivity contribution in [3.05, 3.63) is 70.3 Å². The molecule has 7 nitrogen and oxygen atoms in total. The molecule has 0 spiro atoms. The average molecular weight is 425 g/mol. The summed E-state index contributed by atoms with van der Waals surface area (Å²) in [7, 11) is 0. The molecule has 1 aromatic heterocycles.